The molecule has 0 bridgehead atoms. The molecule has 0 aromatic heterocycles. The van der Waals surface area contributed by atoms with Crippen molar-refractivity contribution in [2.24, 2.45) is 0 Å². The van der Waals surface area contributed by atoms with Gasteiger partial charge in [-0.1, -0.05) is 29.8 Å². The smallest absolute Gasteiger partial charge is 0.254 e. The second kappa shape index (κ2) is 8.75. The largest absolute Gasteiger partial charge is 0.368 e. The van der Waals surface area contributed by atoms with Crippen molar-refractivity contribution >= 4 is 40.7 Å². The second-order valence-corrected chi connectivity index (χ2v) is 7.88. The summed E-state index contributed by atoms with van der Waals surface area (Å²) in [6.07, 6.45) is 0.463. The Morgan fingerprint density at radius 2 is 1.80 bits per heavy atom. The summed E-state index contributed by atoms with van der Waals surface area (Å²) < 4.78 is 0. The molecule has 2 N–H and O–H groups in total. The third-order valence-electron chi connectivity index (χ3n) is 5.50. The van der Waals surface area contributed by atoms with Crippen molar-refractivity contribution in [3.8, 4) is 0 Å². The van der Waals surface area contributed by atoms with Crippen LogP contribution < -0.4 is 15.5 Å². The zero-order valence-corrected chi connectivity index (χ0v) is 17.2. The van der Waals surface area contributed by atoms with Gasteiger partial charge in [0.05, 0.1) is 11.3 Å². The Hall–Kier alpha value is -3.06. The number of carbonyl (C=O) groups is 3. The number of hydrogen-bond acceptors (Lipinski definition) is 4. The number of hydrogen-bond donors (Lipinski definition) is 2. The Labute approximate surface area is 180 Å². The molecule has 2 aromatic rings. The maximum absolute atomic E-state index is 12.7. The highest BCUT2D eigenvalue weighted by Crippen LogP contribution is 2.22. The highest BCUT2D eigenvalue weighted by Gasteiger charge is 2.29. The van der Waals surface area contributed by atoms with E-state index in [-0.39, 0.29) is 30.6 Å². The number of anilines is 2. The van der Waals surface area contributed by atoms with Gasteiger partial charge in [-0.3, -0.25) is 14.4 Å². The Morgan fingerprint density at radius 3 is 2.57 bits per heavy atom. The van der Waals surface area contributed by atoms with Gasteiger partial charge in [0.15, 0.2) is 0 Å². The highest BCUT2D eigenvalue weighted by atomic mass is 35.5. The van der Waals surface area contributed by atoms with Crippen LogP contribution in [-0.2, 0) is 9.59 Å². The van der Waals surface area contributed by atoms with Crippen LogP contribution in [0.4, 0.5) is 11.4 Å². The van der Waals surface area contributed by atoms with Crippen LogP contribution in [0.2, 0.25) is 5.02 Å². The molecule has 7 nitrogen and oxygen atoms in total. The highest BCUT2D eigenvalue weighted by molar-refractivity contribution is 6.30. The van der Waals surface area contributed by atoms with Crippen molar-refractivity contribution < 1.29 is 14.4 Å². The van der Waals surface area contributed by atoms with Crippen LogP contribution in [0.25, 0.3) is 0 Å². The number of carbonyl (C=O) groups excluding carboxylic acids is 3. The van der Waals surface area contributed by atoms with E-state index >= 15 is 0 Å². The minimum absolute atomic E-state index is 0.00967. The quantitative estimate of drug-likeness (QED) is 0.787. The molecule has 2 aliphatic heterocycles. The molecule has 156 valence electrons. The Balaban J connectivity index is 1.30. The summed E-state index contributed by atoms with van der Waals surface area (Å²) in [5, 5.41) is 6.20. The van der Waals surface area contributed by atoms with E-state index in [4.69, 9.17) is 11.6 Å². The van der Waals surface area contributed by atoms with Crippen molar-refractivity contribution in [3.63, 3.8) is 0 Å². The van der Waals surface area contributed by atoms with Gasteiger partial charge in [0.2, 0.25) is 11.8 Å². The van der Waals surface area contributed by atoms with E-state index in [2.05, 4.69) is 15.5 Å². The van der Waals surface area contributed by atoms with E-state index in [9.17, 15) is 14.4 Å². The fourth-order valence-electron chi connectivity index (χ4n) is 3.83. The number of benzene rings is 2. The molecule has 1 atom stereocenters. The van der Waals surface area contributed by atoms with Crippen LogP contribution in [0.5, 0.6) is 0 Å². The van der Waals surface area contributed by atoms with Gasteiger partial charge in [-0.2, -0.15) is 0 Å². The van der Waals surface area contributed by atoms with Crippen molar-refractivity contribution in [1.82, 2.24) is 10.2 Å². The number of halogens is 1. The van der Waals surface area contributed by atoms with Crippen LogP contribution in [0.3, 0.4) is 0 Å². The van der Waals surface area contributed by atoms with E-state index < -0.39 is 6.04 Å². The van der Waals surface area contributed by atoms with Gasteiger partial charge >= 0.3 is 0 Å². The Bertz CT molecular complexity index is 972. The van der Waals surface area contributed by atoms with Gasteiger partial charge < -0.3 is 20.4 Å². The molecule has 0 spiro atoms. The lowest BCUT2D eigenvalue weighted by Crippen LogP contribution is -2.49. The summed E-state index contributed by atoms with van der Waals surface area (Å²) in [6.45, 7) is 2.67. The molecule has 30 heavy (non-hydrogen) atoms. The molecule has 2 aromatic carbocycles. The number of nitrogens with zero attached hydrogens (tertiary/aromatic N) is 2. The van der Waals surface area contributed by atoms with Crippen LogP contribution >= 0.6 is 11.6 Å². The normalized spacial score (nSPS) is 18.9. The molecule has 0 saturated carbocycles. The standard InChI is InChI=1S/C22H23ClN4O3/c23-15-4-3-5-16(14-15)26-10-12-27(13-11-26)20(28)9-8-19-22(30)24-18-7-2-1-6-17(18)21(29)25-19/h1-7,14,19H,8-13H2,(H,24,30)(H,25,29). The van der Waals surface area contributed by atoms with Crippen molar-refractivity contribution in [1.29, 1.82) is 0 Å². The monoisotopic (exact) mass is 426 g/mol. The summed E-state index contributed by atoms with van der Waals surface area (Å²) in [5.41, 5.74) is 1.97. The maximum atomic E-state index is 12.7. The molecular weight excluding hydrogens is 404 g/mol. The van der Waals surface area contributed by atoms with E-state index in [1.165, 1.54) is 0 Å². The summed E-state index contributed by atoms with van der Waals surface area (Å²) in [6, 6.07) is 13.8. The van der Waals surface area contributed by atoms with Gasteiger partial charge in [0, 0.05) is 43.3 Å². The fourth-order valence-corrected chi connectivity index (χ4v) is 4.01. The van der Waals surface area contributed by atoms with Crippen LogP contribution in [-0.4, -0.2) is 54.8 Å². The van der Waals surface area contributed by atoms with Gasteiger partial charge in [0.25, 0.3) is 5.91 Å². The SMILES string of the molecule is O=C1NC(CCC(=O)N2CCN(c3cccc(Cl)c3)CC2)C(=O)Nc2ccccc21. The number of rotatable bonds is 4. The van der Waals surface area contributed by atoms with Crippen molar-refractivity contribution in [2.45, 2.75) is 18.9 Å². The second-order valence-electron chi connectivity index (χ2n) is 7.45. The number of piperazine rings is 1. The first-order valence-corrected chi connectivity index (χ1v) is 10.4. The molecule has 2 aliphatic rings. The lowest BCUT2D eigenvalue weighted by atomic mass is 10.1. The number of fused-ring (bicyclic) bond motifs is 1. The molecule has 3 amide bonds. The summed E-state index contributed by atoms with van der Waals surface area (Å²) in [4.78, 5) is 41.5. The Kier molecular flexibility index (Phi) is 5.90. The lowest BCUT2D eigenvalue weighted by molar-refractivity contribution is -0.131. The first kappa shape index (κ1) is 20.2. The van der Waals surface area contributed by atoms with E-state index in [0.717, 1.165) is 18.8 Å². The summed E-state index contributed by atoms with van der Waals surface area (Å²) >= 11 is 6.07. The minimum atomic E-state index is -0.735. The third kappa shape index (κ3) is 4.41. The van der Waals surface area contributed by atoms with Gasteiger partial charge in [0.1, 0.15) is 6.04 Å². The first-order valence-electron chi connectivity index (χ1n) is 10.0. The third-order valence-corrected chi connectivity index (χ3v) is 5.74. The predicted molar refractivity (Wildman–Crippen MR) is 116 cm³/mol. The predicted octanol–water partition coefficient (Wildman–Crippen LogP) is 2.52. The number of para-hydroxylation sites is 1. The zero-order chi connectivity index (χ0) is 21.1. The Morgan fingerprint density at radius 1 is 1.03 bits per heavy atom. The van der Waals surface area contributed by atoms with E-state index in [0.29, 0.717) is 29.4 Å². The molecule has 8 heteroatoms. The average Bonchev–Trinajstić information content (AvgIpc) is 2.88. The minimum Gasteiger partial charge on any atom is -0.368 e. The van der Waals surface area contributed by atoms with Gasteiger partial charge in [-0.25, -0.2) is 0 Å². The van der Waals surface area contributed by atoms with Gasteiger partial charge in [-0.05, 0) is 36.8 Å². The van der Waals surface area contributed by atoms with Crippen molar-refractivity contribution in [3.05, 3.63) is 59.1 Å². The van der Waals surface area contributed by atoms with E-state index in [1.807, 2.05) is 29.2 Å². The van der Waals surface area contributed by atoms with Crippen LogP contribution in [0, 0.1) is 0 Å². The molecule has 1 unspecified atom stereocenters. The van der Waals surface area contributed by atoms with Gasteiger partial charge in [-0.15, -0.1) is 0 Å². The molecular formula is C22H23ClN4O3. The molecule has 0 radical (unpaired) electrons. The van der Waals surface area contributed by atoms with E-state index in [1.54, 1.807) is 24.3 Å². The first-order chi connectivity index (χ1) is 14.5. The summed E-state index contributed by atoms with van der Waals surface area (Å²) in [5.74, 6) is -0.618. The molecule has 4 rings (SSSR count). The molecule has 1 saturated heterocycles. The van der Waals surface area contributed by atoms with Crippen LogP contribution in [0.15, 0.2) is 48.5 Å². The lowest BCUT2D eigenvalue weighted by Gasteiger charge is -2.36. The fraction of sp³-hybridized carbons (Fsp3) is 0.318. The topological polar surface area (TPSA) is 81.8 Å². The molecule has 2 heterocycles. The number of nitrogens with one attached hydrogen (secondary N) is 2. The maximum Gasteiger partial charge on any atom is 0.254 e. The average molecular weight is 427 g/mol. The van der Waals surface area contributed by atoms with Crippen molar-refractivity contribution in [2.75, 3.05) is 36.4 Å². The zero-order valence-electron chi connectivity index (χ0n) is 16.4. The molecule has 1 fully saturated rings. The summed E-state index contributed by atoms with van der Waals surface area (Å²) in [7, 11) is 0. The number of amides is 3. The van der Waals surface area contributed by atoms with Crippen LogP contribution in [0.1, 0.15) is 23.2 Å². The molecule has 0 aliphatic carbocycles.